The van der Waals surface area contributed by atoms with Gasteiger partial charge in [0.2, 0.25) is 0 Å². The third-order valence-electron chi connectivity index (χ3n) is 2.87. The van der Waals surface area contributed by atoms with Crippen LogP contribution < -0.4 is 15.4 Å². The molecule has 7 heteroatoms. The molecule has 0 heterocycles. The average molecular weight is 331 g/mol. The molecule has 0 aliphatic heterocycles. The summed E-state index contributed by atoms with van der Waals surface area (Å²) in [5.74, 6) is 0. The molecular weight excluding hydrogens is 314 g/mol. The molecule has 120 valence electrons. The summed E-state index contributed by atoms with van der Waals surface area (Å²) < 4.78 is 26.4. The molecule has 0 spiro atoms. The van der Waals surface area contributed by atoms with Crippen LogP contribution in [0.4, 0.5) is 16.2 Å². The third kappa shape index (κ3) is 5.48. The van der Waals surface area contributed by atoms with Crippen molar-refractivity contribution in [3.63, 3.8) is 0 Å². The van der Waals surface area contributed by atoms with Crippen LogP contribution in [0.5, 0.6) is 0 Å². The summed E-state index contributed by atoms with van der Waals surface area (Å²) in [7, 11) is -2.09. The van der Waals surface area contributed by atoms with Gasteiger partial charge in [-0.3, -0.25) is 4.72 Å². The maximum atomic E-state index is 12.0. The van der Waals surface area contributed by atoms with Crippen LogP contribution in [0.1, 0.15) is 5.56 Å². The number of sulfonamides is 1. The molecule has 23 heavy (non-hydrogen) atoms. The second-order valence-corrected chi connectivity index (χ2v) is 6.21. The fourth-order valence-electron chi connectivity index (χ4n) is 1.75. The van der Waals surface area contributed by atoms with Gasteiger partial charge in [0, 0.05) is 18.4 Å². The average Bonchev–Trinajstić information content (AvgIpc) is 2.55. The molecule has 2 aromatic carbocycles. The van der Waals surface area contributed by atoms with Crippen molar-refractivity contribution >= 4 is 33.5 Å². The van der Waals surface area contributed by atoms with Gasteiger partial charge >= 0.3 is 6.03 Å². The van der Waals surface area contributed by atoms with Crippen LogP contribution in [-0.2, 0) is 10.0 Å². The van der Waals surface area contributed by atoms with E-state index in [4.69, 9.17) is 0 Å². The van der Waals surface area contributed by atoms with Crippen LogP contribution >= 0.6 is 0 Å². The summed E-state index contributed by atoms with van der Waals surface area (Å²) in [6.45, 7) is 0. The highest BCUT2D eigenvalue weighted by Gasteiger charge is 2.06. The minimum atomic E-state index is -3.60. The molecule has 0 saturated carbocycles. The molecular formula is C16H17N3O3S. The number of hydrogen-bond donors (Lipinski definition) is 3. The molecule has 2 rings (SSSR count). The Morgan fingerprint density at radius 2 is 1.57 bits per heavy atom. The number of nitrogens with one attached hydrogen (secondary N) is 3. The van der Waals surface area contributed by atoms with E-state index in [0.717, 1.165) is 11.0 Å². The zero-order valence-electron chi connectivity index (χ0n) is 12.5. The van der Waals surface area contributed by atoms with Crippen LogP contribution in [0.15, 0.2) is 60.0 Å². The molecule has 3 N–H and O–H groups in total. The van der Waals surface area contributed by atoms with Gasteiger partial charge < -0.3 is 10.6 Å². The van der Waals surface area contributed by atoms with Crippen molar-refractivity contribution in [2.45, 2.75) is 0 Å². The standard InChI is InChI=1S/C16H17N3O3S/c1-17-16(20)18-14-7-9-15(10-8-14)19-23(21,22)12-11-13-5-3-2-4-6-13/h2-12,19H,1H3,(H2,17,18,20)/b12-11+. The Balaban J connectivity index is 2.03. The van der Waals surface area contributed by atoms with E-state index in [1.54, 1.807) is 24.3 Å². The molecule has 0 bridgehead atoms. The van der Waals surface area contributed by atoms with E-state index in [2.05, 4.69) is 15.4 Å². The molecule has 0 radical (unpaired) electrons. The Morgan fingerprint density at radius 1 is 0.957 bits per heavy atom. The second-order valence-electron chi connectivity index (χ2n) is 4.64. The minimum Gasteiger partial charge on any atom is -0.341 e. The Kier molecular flexibility index (Phi) is 5.37. The van der Waals surface area contributed by atoms with E-state index in [9.17, 15) is 13.2 Å². The Bertz CT molecular complexity index is 785. The predicted molar refractivity (Wildman–Crippen MR) is 92.5 cm³/mol. The first-order valence-corrected chi connectivity index (χ1v) is 8.38. The van der Waals surface area contributed by atoms with Crippen molar-refractivity contribution in [3.8, 4) is 0 Å². The first kappa shape index (κ1) is 16.6. The number of benzene rings is 2. The van der Waals surface area contributed by atoms with E-state index in [1.165, 1.54) is 13.1 Å². The lowest BCUT2D eigenvalue weighted by Gasteiger charge is -2.07. The number of rotatable bonds is 5. The Labute approximate surface area is 135 Å². The lowest BCUT2D eigenvalue weighted by molar-refractivity contribution is 0.254. The van der Waals surface area contributed by atoms with Crippen LogP contribution in [-0.4, -0.2) is 21.5 Å². The maximum Gasteiger partial charge on any atom is 0.318 e. The molecule has 0 atom stereocenters. The van der Waals surface area contributed by atoms with Crippen molar-refractivity contribution in [1.29, 1.82) is 0 Å². The molecule has 2 amide bonds. The molecule has 0 aromatic heterocycles. The van der Waals surface area contributed by atoms with Crippen LogP contribution in [0.2, 0.25) is 0 Å². The highest BCUT2D eigenvalue weighted by atomic mass is 32.2. The van der Waals surface area contributed by atoms with Gasteiger partial charge in [0.1, 0.15) is 0 Å². The topological polar surface area (TPSA) is 87.3 Å². The van der Waals surface area contributed by atoms with Gasteiger partial charge in [-0.2, -0.15) is 0 Å². The summed E-state index contributed by atoms with van der Waals surface area (Å²) in [5.41, 5.74) is 1.76. The highest BCUT2D eigenvalue weighted by molar-refractivity contribution is 7.95. The van der Waals surface area contributed by atoms with E-state index >= 15 is 0 Å². The number of urea groups is 1. The fraction of sp³-hybridized carbons (Fsp3) is 0.0625. The molecule has 0 aliphatic carbocycles. The molecule has 6 nitrogen and oxygen atoms in total. The summed E-state index contributed by atoms with van der Waals surface area (Å²) in [6, 6.07) is 15.1. The lowest BCUT2D eigenvalue weighted by atomic mass is 10.2. The lowest BCUT2D eigenvalue weighted by Crippen LogP contribution is -2.24. The van der Waals surface area contributed by atoms with Gasteiger partial charge in [-0.05, 0) is 35.9 Å². The Hall–Kier alpha value is -2.80. The normalized spacial score (nSPS) is 11.2. The van der Waals surface area contributed by atoms with Gasteiger partial charge in [-0.25, -0.2) is 13.2 Å². The van der Waals surface area contributed by atoms with Crippen molar-refractivity contribution in [1.82, 2.24) is 5.32 Å². The monoisotopic (exact) mass is 331 g/mol. The van der Waals surface area contributed by atoms with E-state index in [-0.39, 0.29) is 6.03 Å². The largest absolute Gasteiger partial charge is 0.341 e. The quantitative estimate of drug-likeness (QED) is 0.787. The SMILES string of the molecule is CNC(=O)Nc1ccc(NS(=O)(=O)/C=C/c2ccccc2)cc1. The summed E-state index contributed by atoms with van der Waals surface area (Å²) in [6.07, 6.45) is 1.52. The van der Waals surface area contributed by atoms with Crippen LogP contribution in [0.25, 0.3) is 6.08 Å². The first-order chi connectivity index (χ1) is 11.0. The van der Waals surface area contributed by atoms with Crippen molar-refractivity contribution < 1.29 is 13.2 Å². The summed E-state index contributed by atoms with van der Waals surface area (Å²) in [5, 5.41) is 6.13. The predicted octanol–water partition coefficient (Wildman–Crippen LogP) is 2.85. The van der Waals surface area contributed by atoms with Gasteiger partial charge in [0.15, 0.2) is 0 Å². The number of hydrogen-bond acceptors (Lipinski definition) is 3. The Morgan fingerprint density at radius 3 is 2.17 bits per heavy atom. The highest BCUT2D eigenvalue weighted by Crippen LogP contribution is 2.15. The second kappa shape index (κ2) is 7.46. The number of amides is 2. The van der Waals surface area contributed by atoms with Crippen molar-refractivity contribution in [2.75, 3.05) is 17.1 Å². The number of carbonyl (C=O) groups excluding carboxylic acids is 1. The zero-order chi connectivity index (χ0) is 16.7. The maximum absolute atomic E-state index is 12.0. The molecule has 0 unspecified atom stereocenters. The summed E-state index contributed by atoms with van der Waals surface area (Å²) >= 11 is 0. The molecule has 2 aromatic rings. The van der Waals surface area contributed by atoms with Gasteiger partial charge in [-0.15, -0.1) is 0 Å². The fourth-order valence-corrected chi connectivity index (χ4v) is 2.61. The smallest absolute Gasteiger partial charge is 0.318 e. The first-order valence-electron chi connectivity index (χ1n) is 6.83. The summed E-state index contributed by atoms with van der Waals surface area (Å²) in [4.78, 5) is 11.2. The van der Waals surface area contributed by atoms with E-state index < -0.39 is 10.0 Å². The molecule has 0 aliphatic rings. The number of carbonyl (C=O) groups is 1. The zero-order valence-corrected chi connectivity index (χ0v) is 13.3. The van der Waals surface area contributed by atoms with Crippen LogP contribution in [0.3, 0.4) is 0 Å². The third-order valence-corrected chi connectivity index (χ3v) is 3.88. The van der Waals surface area contributed by atoms with E-state index in [0.29, 0.717) is 11.4 Å². The van der Waals surface area contributed by atoms with Crippen molar-refractivity contribution in [3.05, 3.63) is 65.6 Å². The van der Waals surface area contributed by atoms with Crippen molar-refractivity contribution in [2.24, 2.45) is 0 Å². The van der Waals surface area contributed by atoms with Gasteiger partial charge in [-0.1, -0.05) is 30.3 Å². The van der Waals surface area contributed by atoms with Gasteiger partial charge in [0.25, 0.3) is 10.0 Å². The molecule has 0 saturated heterocycles. The molecule has 0 fully saturated rings. The van der Waals surface area contributed by atoms with E-state index in [1.807, 2.05) is 30.3 Å². The van der Waals surface area contributed by atoms with Crippen LogP contribution in [0, 0.1) is 0 Å². The van der Waals surface area contributed by atoms with Gasteiger partial charge in [0.05, 0.1) is 5.41 Å². The number of anilines is 2. The minimum absolute atomic E-state index is 0.343.